The van der Waals surface area contributed by atoms with E-state index in [4.69, 9.17) is 9.47 Å². The molecule has 0 bridgehead atoms. The van der Waals surface area contributed by atoms with Crippen molar-refractivity contribution in [1.82, 2.24) is 9.88 Å². The number of aromatic nitrogens is 1. The number of rotatable bonds is 12. The van der Waals surface area contributed by atoms with Gasteiger partial charge in [0.25, 0.3) is 0 Å². The van der Waals surface area contributed by atoms with E-state index in [1.807, 2.05) is 72.8 Å². The van der Waals surface area contributed by atoms with Crippen molar-refractivity contribution >= 4 is 16.8 Å². The Morgan fingerprint density at radius 1 is 0.727 bits per heavy atom. The molecule has 0 radical (unpaired) electrons. The molecule has 0 aliphatic heterocycles. The SMILES string of the molecule is COc1ccc(Cn2cc([C@H](CC(=O)NCc3ccccc3)c3cccc(OCc4ccccc4)c3)c3ccccc32)cc1. The highest BCUT2D eigenvalue weighted by Crippen LogP contribution is 2.36. The first kappa shape index (κ1) is 28.8. The number of carbonyl (C=O) groups excluding carboxylic acids is 1. The van der Waals surface area contributed by atoms with Crippen molar-refractivity contribution in [3.63, 3.8) is 0 Å². The summed E-state index contributed by atoms with van der Waals surface area (Å²) in [6, 6.07) is 44.9. The lowest BCUT2D eigenvalue weighted by atomic mass is 9.88. The molecule has 5 nitrogen and oxygen atoms in total. The molecule has 0 fully saturated rings. The number of methoxy groups -OCH3 is 1. The number of amides is 1. The van der Waals surface area contributed by atoms with Crippen molar-refractivity contribution in [2.75, 3.05) is 7.11 Å². The Morgan fingerprint density at radius 2 is 1.43 bits per heavy atom. The molecule has 0 unspecified atom stereocenters. The van der Waals surface area contributed by atoms with E-state index in [0.717, 1.165) is 44.7 Å². The molecule has 5 heteroatoms. The van der Waals surface area contributed by atoms with Crippen LogP contribution in [0.25, 0.3) is 10.9 Å². The van der Waals surface area contributed by atoms with Gasteiger partial charge in [-0.25, -0.2) is 0 Å². The Hall–Kier alpha value is -5.29. The van der Waals surface area contributed by atoms with Crippen LogP contribution in [0.5, 0.6) is 11.5 Å². The van der Waals surface area contributed by atoms with Gasteiger partial charge >= 0.3 is 0 Å². The van der Waals surface area contributed by atoms with Crippen LogP contribution in [0.2, 0.25) is 0 Å². The van der Waals surface area contributed by atoms with Crippen LogP contribution in [-0.2, 0) is 24.5 Å². The van der Waals surface area contributed by atoms with Gasteiger partial charge in [0.2, 0.25) is 5.91 Å². The second-order valence-electron chi connectivity index (χ2n) is 10.9. The fourth-order valence-electron chi connectivity index (χ4n) is 5.63. The first-order valence-corrected chi connectivity index (χ1v) is 14.9. The molecule has 6 rings (SSSR count). The zero-order valence-electron chi connectivity index (χ0n) is 24.9. The number of benzene rings is 5. The molecule has 0 aliphatic rings. The minimum Gasteiger partial charge on any atom is -0.497 e. The zero-order chi connectivity index (χ0) is 30.1. The normalized spacial score (nSPS) is 11.7. The minimum atomic E-state index is -0.173. The number of nitrogens with one attached hydrogen (secondary N) is 1. The predicted octanol–water partition coefficient (Wildman–Crippen LogP) is 8.12. The highest BCUT2D eigenvalue weighted by molar-refractivity contribution is 5.87. The van der Waals surface area contributed by atoms with Crippen LogP contribution in [-0.4, -0.2) is 17.6 Å². The molecule has 5 aromatic carbocycles. The van der Waals surface area contributed by atoms with Crippen LogP contribution < -0.4 is 14.8 Å². The molecule has 0 saturated heterocycles. The third-order valence-electron chi connectivity index (χ3n) is 7.94. The Morgan fingerprint density at radius 3 is 2.18 bits per heavy atom. The quantitative estimate of drug-likeness (QED) is 0.159. The third kappa shape index (κ3) is 7.01. The molecule has 1 atom stereocenters. The summed E-state index contributed by atoms with van der Waals surface area (Å²) >= 11 is 0. The topological polar surface area (TPSA) is 52.5 Å². The predicted molar refractivity (Wildman–Crippen MR) is 176 cm³/mol. The average molecular weight is 581 g/mol. The van der Waals surface area contributed by atoms with Crippen LogP contribution >= 0.6 is 0 Å². The summed E-state index contributed by atoms with van der Waals surface area (Å²) in [5, 5.41) is 4.28. The molecule has 1 amide bonds. The smallest absolute Gasteiger partial charge is 0.221 e. The minimum absolute atomic E-state index is 0.00134. The maximum absolute atomic E-state index is 13.5. The van der Waals surface area contributed by atoms with Gasteiger partial charge in [-0.05, 0) is 58.1 Å². The maximum Gasteiger partial charge on any atom is 0.221 e. The van der Waals surface area contributed by atoms with Gasteiger partial charge in [-0.1, -0.05) is 103 Å². The van der Waals surface area contributed by atoms with Gasteiger partial charge in [-0.2, -0.15) is 0 Å². The van der Waals surface area contributed by atoms with Crippen LogP contribution in [0.1, 0.15) is 40.2 Å². The van der Waals surface area contributed by atoms with Crippen LogP contribution in [0.3, 0.4) is 0 Å². The van der Waals surface area contributed by atoms with Crippen molar-refractivity contribution in [3.05, 3.63) is 167 Å². The van der Waals surface area contributed by atoms with Crippen molar-refractivity contribution in [2.45, 2.75) is 32.0 Å². The van der Waals surface area contributed by atoms with Crippen molar-refractivity contribution in [1.29, 1.82) is 0 Å². The lowest BCUT2D eigenvalue weighted by Crippen LogP contribution is -2.25. The Bertz CT molecular complexity index is 1810. The number of carbonyl (C=O) groups is 1. The van der Waals surface area contributed by atoms with Gasteiger partial charge in [0, 0.05) is 42.5 Å². The number of para-hydroxylation sites is 1. The molecular weight excluding hydrogens is 544 g/mol. The first-order valence-electron chi connectivity index (χ1n) is 14.9. The van der Waals surface area contributed by atoms with E-state index < -0.39 is 0 Å². The standard InChI is InChI=1S/C39H36N2O3/c1-43-33-21-19-30(20-22-33)26-41-27-37(35-17-8-9-18-38(35)41)36(24-39(42)40-25-29-11-4-2-5-12-29)32-15-10-16-34(23-32)44-28-31-13-6-3-7-14-31/h2-23,27,36H,24-26,28H2,1H3,(H,40,42)/t36-/m1/s1. The van der Waals surface area contributed by atoms with Crippen molar-refractivity contribution < 1.29 is 14.3 Å². The second-order valence-corrected chi connectivity index (χ2v) is 10.9. The van der Waals surface area contributed by atoms with E-state index in [0.29, 0.717) is 26.1 Å². The van der Waals surface area contributed by atoms with E-state index in [2.05, 4.69) is 76.7 Å². The highest BCUT2D eigenvalue weighted by atomic mass is 16.5. The Kier molecular flexibility index (Phi) is 9.03. The van der Waals surface area contributed by atoms with Gasteiger partial charge in [0.15, 0.2) is 0 Å². The summed E-state index contributed by atoms with van der Waals surface area (Å²) < 4.78 is 13.8. The monoisotopic (exact) mass is 580 g/mol. The van der Waals surface area contributed by atoms with Crippen LogP contribution in [0.4, 0.5) is 0 Å². The van der Waals surface area contributed by atoms with E-state index in [1.165, 1.54) is 5.56 Å². The van der Waals surface area contributed by atoms with Crippen molar-refractivity contribution in [2.24, 2.45) is 0 Å². The lowest BCUT2D eigenvalue weighted by molar-refractivity contribution is -0.121. The largest absolute Gasteiger partial charge is 0.497 e. The molecule has 1 aromatic heterocycles. The molecule has 0 saturated carbocycles. The summed E-state index contributed by atoms with van der Waals surface area (Å²) in [5.74, 6) is 1.44. The van der Waals surface area contributed by atoms with Crippen LogP contribution in [0.15, 0.2) is 140 Å². The molecular formula is C39H36N2O3. The summed E-state index contributed by atoms with van der Waals surface area (Å²) in [6.45, 7) is 1.68. The number of fused-ring (bicyclic) bond motifs is 1. The fourth-order valence-corrected chi connectivity index (χ4v) is 5.63. The van der Waals surface area contributed by atoms with Gasteiger partial charge in [-0.15, -0.1) is 0 Å². The zero-order valence-corrected chi connectivity index (χ0v) is 24.9. The molecule has 1 N–H and O–H groups in total. The summed E-state index contributed by atoms with van der Waals surface area (Å²) in [5.41, 5.74) is 6.64. The highest BCUT2D eigenvalue weighted by Gasteiger charge is 2.23. The maximum atomic E-state index is 13.5. The third-order valence-corrected chi connectivity index (χ3v) is 7.94. The molecule has 6 aromatic rings. The average Bonchev–Trinajstić information content (AvgIpc) is 3.44. The van der Waals surface area contributed by atoms with Crippen LogP contribution in [0, 0.1) is 0 Å². The molecule has 0 spiro atoms. The van der Waals surface area contributed by atoms with Crippen molar-refractivity contribution in [3.8, 4) is 11.5 Å². The van der Waals surface area contributed by atoms with E-state index in [-0.39, 0.29) is 11.8 Å². The Balaban J connectivity index is 1.33. The Labute approximate surface area is 258 Å². The van der Waals surface area contributed by atoms with E-state index in [1.54, 1.807) is 7.11 Å². The first-order chi connectivity index (χ1) is 21.7. The second kappa shape index (κ2) is 13.8. The summed E-state index contributed by atoms with van der Waals surface area (Å²) in [4.78, 5) is 13.5. The summed E-state index contributed by atoms with van der Waals surface area (Å²) in [6.07, 6.45) is 2.52. The summed E-state index contributed by atoms with van der Waals surface area (Å²) in [7, 11) is 1.68. The number of ether oxygens (including phenoxy) is 2. The van der Waals surface area contributed by atoms with E-state index in [9.17, 15) is 4.79 Å². The van der Waals surface area contributed by atoms with Gasteiger partial charge in [0.05, 0.1) is 7.11 Å². The van der Waals surface area contributed by atoms with Gasteiger partial charge < -0.3 is 19.4 Å². The molecule has 44 heavy (non-hydrogen) atoms. The van der Waals surface area contributed by atoms with E-state index >= 15 is 0 Å². The van der Waals surface area contributed by atoms with Gasteiger partial charge in [-0.3, -0.25) is 4.79 Å². The number of hydrogen-bond donors (Lipinski definition) is 1. The molecule has 1 heterocycles. The number of nitrogens with zero attached hydrogens (tertiary/aromatic N) is 1. The fraction of sp³-hybridized carbons (Fsp3) is 0.154. The number of hydrogen-bond acceptors (Lipinski definition) is 3. The molecule has 220 valence electrons. The molecule has 0 aliphatic carbocycles. The van der Waals surface area contributed by atoms with Gasteiger partial charge in [0.1, 0.15) is 18.1 Å². The lowest BCUT2D eigenvalue weighted by Gasteiger charge is -2.19.